The first-order valence-electron chi connectivity index (χ1n) is 11.5. The maximum Gasteiger partial charge on any atom is 0.0241 e. The number of rotatable bonds is 2. The van der Waals surface area contributed by atoms with Crippen LogP contribution in [0.2, 0.25) is 0 Å². The molecule has 2 fully saturated rings. The van der Waals surface area contributed by atoms with Gasteiger partial charge in [-0.1, -0.05) is 58.6 Å². The molecule has 2 aliphatic heterocycles. The molecule has 0 amide bonds. The average Bonchev–Trinajstić information content (AvgIpc) is 2.69. The highest BCUT2D eigenvalue weighted by Crippen LogP contribution is 2.56. The average molecular weight is 346 g/mol. The second kappa shape index (κ2) is 8.15. The van der Waals surface area contributed by atoms with Crippen molar-refractivity contribution >= 4 is 0 Å². The van der Waals surface area contributed by atoms with Crippen LogP contribution in [0.4, 0.5) is 0 Å². The zero-order valence-corrected chi connectivity index (χ0v) is 17.5. The van der Waals surface area contributed by atoms with Crippen molar-refractivity contribution in [1.82, 2.24) is 4.90 Å². The molecule has 1 heteroatoms. The summed E-state index contributed by atoms with van der Waals surface area (Å²) >= 11 is 0. The van der Waals surface area contributed by atoms with Crippen molar-refractivity contribution in [2.45, 2.75) is 116 Å². The summed E-state index contributed by atoms with van der Waals surface area (Å²) in [6.45, 7) is 11.4. The van der Waals surface area contributed by atoms with Crippen LogP contribution in [0.5, 0.6) is 0 Å². The smallest absolute Gasteiger partial charge is 0.0241 e. The third-order valence-electron chi connectivity index (χ3n) is 8.94. The summed E-state index contributed by atoms with van der Waals surface area (Å²) in [6, 6.07) is 0.823. The first-order valence-corrected chi connectivity index (χ1v) is 11.5. The minimum atomic E-state index is 0.340. The maximum absolute atomic E-state index is 3.01. The molecule has 2 bridgehead atoms. The highest BCUT2D eigenvalue weighted by Gasteiger charge is 2.55. The maximum atomic E-state index is 3.01. The zero-order chi connectivity index (χ0) is 17.9. The van der Waals surface area contributed by atoms with E-state index in [2.05, 4.69) is 44.7 Å². The van der Waals surface area contributed by atoms with Gasteiger partial charge in [0.25, 0.3) is 0 Å². The molecule has 5 unspecified atom stereocenters. The summed E-state index contributed by atoms with van der Waals surface area (Å²) in [5.74, 6) is 1.86. The fraction of sp³-hybridized carbons (Fsp3) is 0.917. The lowest BCUT2D eigenvalue weighted by molar-refractivity contribution is -0.0599. The van der Waals surface area contributed by atoms with Gasteiger partial charge in [0.15, 0.2) is 0 Å². The molecule has 0 N–H and O–H groups in total. The van der Waals surface area contributed by atoms with Crippen LogP contribution < -0.4 is 0 Å². The predicted molar refractivity (Wildman–Crippen MR) is 110 cm³/mol. The van der Waals surface area contributed by atoms with Crippen LogP contribution in [-0.2, 0) is 0 Å². The molecule has 3 aliphatic rings. The lowest BCUT2D eigenvalue weighted by atomic mass is 9.59. The zero-order valence-electron chi connectivity index (χ0n) is 17.5. The Labute approximate surface area is 157 Å². The van der Waals surface area contributed by atoms with Crippen molar-refractivity contribution in [3.63, 3.8) is 0 Å². The summed E-state index contributed by atoms with van der Waals surface area (Å²) in [4.78, 5) is 3.01. The van der Waals surface area contributed by atoms with Crippen LogP contribution in [0.15, 0.2) is 12.2 Å². The molecule has 0 radical (unpaired) electrons. The molecule has 25 heavy (non-hydrogen) atoms. The first-order chi connectivity index (χ1) is 12.1. The molecule has 0 aromatic heterocycles. The van der Waals surface area contributed by atoms with Gasteiger partial charge in [-0.3, -0.25) is 4.90 Å². The Morgan fingerprint density at radius 1 is 0.880 bits per heavy atom. The second-order valence-corrected chi connectivity index (χ2v) is 9.70. The number of fused-ring (bicyclic) bond motifs is 4. The van der Waals surface area contributed by atoms with Gasteiger partial charge in [0.1, 0.15) is 0 Å². The Morgan fingerprint density at radius 2 is 1.64 bits per heavy atom. The van der Waals surface area contributed by atoms with Crippen molar-refractivity contribution in [2.24, 2.45) is 17.3 Å². The standard InChI is InChI=1S/C24H43N/c1-5-23(3)21-16-12-8-7-11-15-20(19-21)22-17-13-9-10-14-18-25(22)24(23,4)6-2/h10,14,20-22H,5-9,11-13,15-19H2,1-4H3. The van der Waals surface area contributed by atoms with Crippen molar-refractivity contribution < 1.29 is 0 Å². The molecule has 1 aliphatic carbocycles. The van der Waals surface area contributed by atoms with Crippen LogP contribution >= 0.6 is 0 Å². The molecule has 0 spiro atoms. The Morgan fingerprint density at radius 3 is 2.36 bits per heavy atom. The van der Waals surface area contributed by atoms with Crippen LogP contribution in [0.25, 0.3) is 0 Å². The molecule has 5 atom stereocenters. The van der Waals surface area contributed by atoms with E-state index < -0.39 is 0 Å². The molecule has 1 saturated carbocycles. The molecular formula is C24H43N. The topological polar surface area (TPSA) is 3.24 Å². The molecule has 144 valence electrons. The molecular weight excluding hydrogens is 302 g/mol. The molecule has 0 aromatic carbocycles. The van der Waals surface area contributed by atoms with E-state index >= 15 is 0 Å². The van der Waals surface area contributed by atoms with Gasteiger partial charge in [0, 0.05) is 18.1 Å². The Bertz CT molecular complexity index is 455. The van der Waals surface area contributed by atoms with E-state index in [1.54, 1.807) is 0 Å². The number of allylic oxidation sites excluding steroid dienone is 1. The molecule has 2 heterocycles. The summed E-state index contributed by atoms with van der Waals surface area (Å²) in [7, 11) is 0. The summed E-state index contributed by atoms with van der Waals surface area (Å²) in [5.41, 5.74) is 0.791. The van der Waals surface area contributed by atoms with Crippen LogP contribution in [0.1, 0.15) is 105 Å². The van der Waals surface area contributed by atoms with Crippen molar-refractivity contribution in [1.29, 1.82) is 0 Å². The van der Waals surface area contributed by atoms with E-state index in [4.69, 9.17) is 0 Å². The van der Waals surface area contributed by atoms with Crippen LogP contribution in [0, 0.1) is 17.3 Å². The van der Waals surface area contributed by atoms with Gasteiger partial charge in [0.2, 0.25) is 0 Å². The van der Waals surface area contributed by atoms with E-state index in [-0.39, 0.29) is 0 Å². The van der Waals surface area contributed by atoms with Gasteiger partial charge >= 0.3 is 0 Å². The number of hydrogen-bond donors (Lipinski definition) is 0. The van der Waals surface area contributed by atoms with Gasteiger partial charge in [-0.15, -0.1) is 0 Å². The van der Waals surface area contributed by atoms with Crippen molar-refractivity contribution in [3.05, 3.63) is 12.2 Å². The summed E-state index contributed by atoms with van der Waals surface area (Å²) < 4.78 is 0. The van der Waals surface area contributed by atoms with Crippen LogP contribution in [0.3, 0.4) is 0 Å². The van der Waals surface area contributed by atoms with Crippen LogP contribution in [-0.4, -0.2) is 23.0 Å². The van der Waals surface area contributed by atoms with E-state index in [0.717, 1.165) is 17.9 Å². The molecule has 3 rings (SSSR count). The fourth-order valence-electron chi connectivity index (χ4n) is 6.82. The van der Waals surface area contributed by atoms with Gasteiger partial charge in [-0.05, 0) is 75.5 Å². The summed E-state index contributed by atoms with van der Waals surface area (Å²) in [6.07, 6.45) is 22.1. The van der Waals surface area contributed by atoms with E-state index in [0.29, 0.717) is 11.0 Å². The lowest BCUT2D eigenvalue weighted by Gasteiger charge is -2.56. The van der Waals surface area contributed by atoms with E-state index in [1.807, 2.05) is 0 Å². The van der Waals surface area contributed by atoms with Crippen molar-refractivity contribution in [2.75, 3.05) is 6.54 Å². The highest BCUT2D eigenvalue weighted by atomic mass is 15.2. The third kappa shape index (κ3) is 3.47. The highest BCUT2D eigenvalue weighted by molar-refractivity contribution is 5.10. The normalized spacial score (nSPS) is 43.8. The predicted octanol–water partition coefficient (Wildman–Crippen LogP) is 6.97. The van der Waals surface area contributed by atoms with Gasteiger partial charge in [0.05, 0.1) is 0 Å². The minimum absolute atomic E-state index is 0.340. The third-order valence-corrected chi connectivity index (χ3v) is 8.94. The monoisotopic (exact) mass is 345 g/mol. The SMILES string of the molecule is CCC1(C)C2CCCCCCC(C2)C2CCCC=CCN2C1(C)CC. The minimum Gasteiger partial charge on any atom is -0.291 e. The fourth-order valence-corrected chi connectivity index (χ4v) is 6.82. The van der Waals surface area contributed by atoms with Crippen molar-refractivity contribution in [3.8, 4) is 0 Å². The van der Waals surface area contributed by atoms with E-state index in [1.165, 1.54) is 83.6 Å². The largest absolute Gasteiger partial charge is 0.291 e. The van der Waals surface area contributed by atoms with Gasteiger partial charge < -0.3 is 0 Å². The lowest BCUT2D eigenvalue weighted by Crippen LogP contribution is -2.61. The Hall–Kier alpha value is -0.300. The number of hydrogen-bond acceptors (Lipinski definition) is 1. The first kappa shape index (κ1) is 19.5. The Kier molecular flexibility index (Phi) is 6.35. The quantitative estimate of drug-likeness (QED) is 0.488. The van der Waals surface area contributed by atoms with Gasteiger partial charge in [-0.25, -0.2) is 0 Å². The van der Waals surface area contributed by atoms with E-state index in [9.17, 15) is 0 Å². The number of nitrogens with zero attached hydrogens (tertiary/aromatic N) is 1. The molecule has 0 aromatic rings. The Balaban J connectivity index is 2.07. The van der Waals surface area contributed by atoms with Gasteiger partial charge in [-0.2, -0.15) is 0 Å². The second-order valence-electron chi connectivity index (χ2n) is 9.70. The molecule has 1 saturated heterocycles. The summed E-state index contributed by atoms with van der Waals surface area (Å²) in [5, 5.41) is 0. The molecule has 1 nitrogen and oxygen atoms in total.